The van der Waals surface area contributed by atoms with Gasteiger partial charge >= 0.3 is 0 Å². The van der Waals surface area contributed by atoms with E-state index in [0.29, 0.717) is 12.3 Å². The molecular weight excluding hydrogens is 216 g/mol. The van der Waals surface area contributed by atoms with E-state index in [0.717, 1.165) is 6.42 Å². The number of rotatable bonds is 6. The highest BCUT2D eigenvalue weighted by molar-refractivity contribution is 7.99. The van der Waals surface area contributed by atoms with E-state index in [1.807, 2.05) is 0 Å². The van der Waals surface area contributed by atoms with Gasteiger partial charge in [-0.2, -0.15) is 11.8 Å². The average molecular weight is 231 g/mol. The van der Waals surface area contributed by atoms with Crippen LogP contribution in [0.3, 0.4) is 0 Å². The molecule has 0 aliphatic carbocycles. The molecule has 0 aliphatic heterocycles. The molecule has 0 spiro atoms. The number of thioether (sulfide) groups is 1. The van der Waals surface area contributed by atoms with Gasteiger partial charge in [0.15, 0.2) is 0 Å². The second kappa shape index (κ2) is 6.08. The predicted molar refractivity (Wildman–Crippen MR) is 61.3 cm³/mol. The van der Waals surface area contributed by atoms with E-state index in [9.17, 15) is 8.78 Å². The number of nitrogens with two attached hydrogens (primary N) is 1. The van der Waals surface area contributed by atoms with E-state index in [2.05, 4.69) is 0 Å². The van der Waals surface area contributed by atoms with Crippen molar-refractivity contribution < 1.29 is 8.78 Å². The number of hydrogen-bond donors (Lipinski definition) is 1. The van der Waals surface area contributed by atoms with Gasteiger partial charge in [0, 0.05) is 5.56 Å². The zero-order valence-corrected chi connectivity index (χ0v) is 9.27. The number of alkyl halides is 2. The lowest BCUT2D eigenvalue weighted by Gasteiger charge is -2.15. The standard InChI is InChI=1S/C11H15F2NS/c12-11(13,9-15-8-4-7-14)10-5-2-1-3-6-10/h1-3,5-6H,4,7-9,14H2. The third-order valence-corrected chi connectivity index (χ3v) is 3.12. The SMILES string of the molecule is NCCCSCC(F)(F)c1ccccc1. The Morgan fingerprint density at radius 1 is 1.20 bits per heavy atom. The van der Waals surface area contributed by atoms with Crippen LogP contribution in [-0.2, 0) is 5.92 Å². The predicted octanol–water partition coefficient (Wildman–Crippen LogP) is 2.86. The summed E-state index contributed by atoms with van der Waals surface area (Å²) in [6.45, 7) is 0.559. The molecule has 2 N–H and O–H groups in total. The lowest BCUT2D eigenvalue weighted by atomic mass is 10.1. The van der Waals surface area contributed by atoms with Gasteiger partial charge in [-0.1, -0.05) is 30.3 Å². The summed E-state index contributed by atoms with van der Waals surface area (Å²) >= 11 is 1.25. The fourth-order valence-corrected chi connectivity index (χ4v) is 2.09. The van der Waals surface area contributed by atoms with Gasteiger partial charge in [0.05, 0.1) is 5.75 Å². The molecule has 1 aromatic rings. The highest BCUT2D eigenvalue weighted by Gasteiger charge is 2.30. The van der Waals surface area contributed by atoms with Gasteiger partial charge in [0.2, 0.25) is 0 Å². The maximum atomic E-state index is 13.5. The molecule has 0 bridgehead atoms. The second-order valence-corrected chi connectivity index (χ2v) is 4.37. The van der Waals surface area contributed by atoms with Crippen molar-refractivity contribution in [3.8, 4) is 0 Å². The summed E-state index contributed by atoms with van der Waals surface area (Å²) in [7, 11) is 0. The zero-order chi connectivity index (χ0) is 11.1. The molecule has 1 rings (SSSR count). The number of benzene rings is 1. The topological polar surface area (TPSA) is 26.0 Å². The van der Waals surface area contributed by atoms with Gasteiger partial charge in [0.25, 0.3) is 5.92 Å². The monoisotopic (exact) mass is 231 g/mol. The number of halogens is 2. The van der Waals surface area contributed by atoms with Crippen molar-refractivity contribution in [2.45, 2.75) is 12.3 Å². The summed E-state index contributed by atoms with van der Waals surface area (Å²) in [4.78, 5) is 0. The molecule has 0 heterocycles. The van der Waals surface area contributed by atoms with Crippen molar-refractivity contribution >= 4 is 11.8 Å². The Labute approximate surface area is 93.1 Å². The van der Waals surface area contributed by atoms with Gasteiger partial charge in [-0.05, 0) is 18.7 Å². The van der Waals surface area contributed by atoms with Crippen LogP contribution in [-0.4, -0.2) is 18.1 Å². The highest BCUT2D eigenvalue weighted by Crippen LogP contribution is 2.31. The fourth-order valence-electron chi connectivity index (χ4n) is 1.15. The Hall–Kier alpha value is -0.610. The zero-order valence-electron chi connectivity index (χ0n) is 8.46. The van der Waals surface area contributed by atoms with E-state index in [1.54, 1.807) is 18.2 Å². The van der Waals surface area contributed by atoms with E-state index >= 15 is 0 Å². The van der Waals surface area contributed by atoms with Crippen LogP contribution in [0.25, 0.3) is 0 Å². The van der Waals surface area contributed by atoms with Crippen LogP contribution in [0.5, 0.6) is 0 Å². The summed E-state index contributed by atoms with van der Waals surface area (Å²) < 4.78 is 27.1. The van der Waals surface area contributed by atoms with Crippen molar-refractivity contribution in [1.29, 1.82) is 0 Å². The van der Waals surface area contributed by atoms with E-state index in [-0.39, 0.29) is 11.3 Å². The quantitative estimate of drug-likeness (QED) is 0.762. The first kappa shape index (κ1) is 12.5. The second-order valence-electron chi connectivity index (χ2n) is 3.27. The van der Waals surface area contributed by atoms with Crippen LogP contribution < -0.4 is 5.73 Å². The Morgan fingerprint density at radius 2 is 1.87 bits per heavy atom. The molecule has 4 heteroatoms. The van der Waals surface area contributed by atoms with Crippen molar-refractivity contribution in [2.24, 2.45) is 5.73 Å². The maximum Gasteiger partial charge on any atom is 0.282 e. The van der Waals surface area contributed by atoms with Crippen molar-refractivity contribution in [3.63, 3.8) is 0 Å². The normalized spacial score (nSPS) is 11.7. The molecule has 1 nitrogen and oxygen atoms in total. The van der Waals surface area contributed by atoms with Crippen LogP contribution in [0, 0.1) is 0 Å². The molecule has 0 saturated carbocycles. The van der Waals surface area contributed by atoms with Crippen LogP contribution in [0.1, 0.15) is 12.0 Å². The summed E-state index contributed by atoms with van der Waals surface area (Å²) in [5, 5.41) is 0. The summed E-state index contributed by atoms with van der Waals surface area (Å²) in [6, 6.07) is 7.93. The maximum absolute atomic E-state index is 13.5. The Balaban J connectivity index is 2.45. The first-order valence-electron chi connectivity index (χ1n) is 4.88. The first-order chi connectivity index (χ1) is 7.17. The fraction of sp³-hybridized carbons (Fsp3) is 0.455. The van der Waals surface area contributed by atoms with E-state index in [1.165, 1.54) is 23.9 Å². The molecule has 0 atom stereocenters. The molecule has 0 saturated heterocycles. The smallest absolute Gasteiger partial charge is 0.282 e. The third kappa shape index (κ3) is 4.18. The van der Waals surface area contributed by atoms with E-state index in [4.69, 9.17) is 5.73 Å². The summed E-state index contributed by atoms with van der Waals surface area (Å²) in [6.07, 6.45) is 0.787. The molecule has 15 heavy (non-hydrogen) atoms. The highest BCUT2D eigenvalue weighted by atomic mass is 32.2. The minimum Gasteiger partial charge on any atom is -0.330 e. The summed E-state index contributed by atoms with van der Waals surface area (Å²) in [5.74, 6) is -2.21. The molecule has 0 aliphatic rings. The average Bonchev–Trinajstić information content (AvgIpc) is 2.26. The molecule has 0 fully saturated rings. The van der Waals surface area contributed by atoms with Crippen molar-refractivity contribution in [2.75, 3.05) is 18.1 Å². The lowest BCUT2D eigenvalue weighted by Crippen LogP contribution is -2.17. The van der Waals surface area contributed by atoms with Gasteiger partial charge < -0.3 is 5.73 Å². The van der Waals surface area contributed by atoms with Crippen LogP contribution >= 0.6 is 11.8 Å². The van der Waals surface area contributed by atoms with Crippen molar-refractivity contribution in [1.82, 2.24) is 0 Å². The van der Waals surface area contributed by atoms with Gasteiger partial charge in [0.1, 0.15) is 0 Å². The minimum atomic E-state index is -2.74. The molecule has 0 aromatic heterocycles. The minimum absolute atomic E-state index is 0.0882. The largest absolute Gasteiger partial charge is 0.330 e. The Kier molecular flexibility index (Phi) is 5.05. The molecule has 0 unspecified atom stereocenters. The molecule has 1 aromatic carbocycles. The third-order valence-electron chi connectivity index (χ3n) is 1.97. The van der Waals surface area contributed by atoms with Crippen LogP contribution in [0.4, 0.5) is 8.78 Å². The molecule has 84 valence electrons. The van der Waals surface area contributed by atoms with Crippen LogP contribution in [0.2, 0.25) is 0 Å². The molecule has 0 amide bonds. The van der Waals surface area contributed by atoms with Crippen LogP contribution in [0.15, 0.2) is 30.3 Å². The molecule has 0 radical (unpaired) electrons. The Bertz CT molecular complexity index is 277. The molecular formula is C11H15F2NS. The van der Waals surface area contributed by atoms with E-state index < -0.39 is 5.92 Å². The van der Waals surface area contributed by atoms with Gasteiger partial charge in [-0.15, -0.1) is 0 Å². The number of hydrogen-bond acceptors (Lipinski definition) is 2. The Morgan fingerprint density at radius 3 is 2.47 bits per heavy atom. The summed E-state index contributed by atoms with van der Waals surface area (Å²) in [5.41, 5.74) is 5.38. The van der Waals surface area contributed by atoms with Gasteiger partial charge in [-0.3, -0.25) is 0 Å². The lowest BCUT2D eigenvalue weighted by molar-refractivity contribution is 0.0232. The first-order valence-corrected chi connectivity index (χ1v) is 6.03. The van der Waals surface area contributed by atoms with Crippen molar-refractivity contribution in [3.05, 3.63) is 35.9 Å². The van der Waals surface area contributed by atoms with Gasteiger partial charge in [-0.25, -0.2) is 8.78 Å².